The third kappa shape index (κ3) is 3.72. The first kappa shape index (κ1) is 17.6. The molecule has 4 atom stereocenters. The van der Waals surface area contributed by atoms with Gasteiger partial charge in [0.1, 0.15) is 11.9 Å². The van der Waals surface area contributed by atoms with Crippen molar-refractivity contribution >= 4 is 23.1 Å². The summed E-state index contributed by atoms with van der Waals surface area (Å²) >= 11 is 1.42. The molecule has 2 aromatic rings. The minimum atomic E-state index is -1.02. The molecule has 0 aromatic carbocycles. The summed E-state index contributed by atoms with van der Waals surface area (Å²) in [4.78, 5) is 12.4. The molecule has 3 rings (SSSR count). The fourth-order valence-electron chi connectivity index (χ4n) is 2.87. The number of thiazole rings is 1. The van der Waals surface area contributed by atoms with Gasteiger partial charge in [-0.3, -0.25) is 0 Å². The van der Waals surface area contributed by atoms with Crippen molar-refractivity contribution in [2.24, 2.45) is 5.92 Å². The van der Waals surface area contributed by atoms with Crippen molar-refractivity contribution in [3.05, 3.63) is 27.8 Å². The van der Waals surface area contributed by atoms with Crippen LogP contribution in [0.3, 0.4) is 0 Å². The predicted molar refractivity (Wildman–Crippen MR) is 93.9 cm³/mol. The number of hydrogen-bond donors (Lipinski definition) is 5. The van der Waals surface area contributed by atoms with Crippen molar-refractivity contribution in [3.8, 4) is 11.8 Å². The van der Waals surface area contributed by atoms with Crippen LogP contribution in [0, 0.1) is 24.7 Å². The Kier molecular flexibility index (Phi) is 5.15. The normalized spacial score (nSPS) is 25.4. The number of nitrogen functional groups attached to an aromatic ring is 1. The largest absolute Gasteiger partial charge is 0.396 e. The summed E-state index contributed by atoms with van der Waals surface area (Å²) in [5.41, 5.74) is 6.89. The molecule has 0 unspecified atom stereocenters. The van der Waals surface area contributed by atoms with Crippen LogP contribution in [0.5, 0.6) is 0 Å². The summed E-state index contributed by atoms with van der Waals surface area (Å²) in [5.74, 6) is 6.04. The van der Waals surface area contributed by atoms with E-state index >= 15 is 0 Å². The Hall–Kier alpha value is -2.25. The molecule has 9 heteroatoms. The number of rotatable bonds is 3. The molecule has 0 spiro atoms. The molecule has 132 valence electrons. The van der Waals surface area contributed by atoms with Gasteiger partial charge in [0.15, 0.2) is 5.01 Å². The summed E-state index contributed by atoms with van der Waals surface area (Å²) < 4.78 is 0. The van der Waals surface area contributed by atoms with Gasteiger partial charge in [-0.15, -0.1) is 11.3 Å². The van der Waals surface area contributed by atoms with E-state index in [1.54, 1.807) is 13.1 Å². The van der Waals surface area contributed by atoms with Crippen molar-refractivity contribution < 1.29 is 15.3 Å². The van der Waals surface area contributed by atoms with Crippen LogP contribution in [0.1, 0.15) is 22.7 Å². The second-order valence-corrected chi connectivity index (χ2v) is 6.78. The van der Waals surface area contributed by atoms with Gasteiger partial charge < -0.3 is 26.4 Å². The van der Waals surface area contributed by atoms with E-state index < -0.39 is 24.2 Å². The molecule has 0 aliphatic heterocycles. The average Bonchev–Trinajstić information content (AvgIpc) is 3.18. The molecular formula is C16H19N5O3S. The standard InChI is InChI=1S/C16H19N5O3S/c1-8-10(2-3-12-18-4-5-25-12)15(21-16(17)19-8)20-11-6-9(7-22)13(23)14(11)24/h4-5,9,11,13-14,22-24H,6-7H2,1H3,(H3,17,19,20,21)/t9-,11-,13-,14+/m1/s1. The molecule has 0 saturated heterocycles. The molecule has 8 nitrogen and oxygen atoms in total. The van der Waals surface area contributed by atoms with E-state index in [1.165, 1.54) is 11.3 Å². The molecule has 25 heavy (non-hydrogen) atoms. The summed E-state index contributed by atoms with van der Waals surface area (Å²) in [5, 5.41) is 35.0. The van der Waals surface area contributed by atoms with E-state index in [4.69, 9.17) is 5.73 Å². The maximum Gasteiger partial charge on any atom is 0.222 e. The van der Waals surface area contributed by atoms with Crippen LogP contribution in [0.4, 0.5) is 11.8 Å². The van der Waals surface area contributed by atoms with Gasteiger partial charge in [0, 0.05) is 24.1 Å². The Bertz CT molecular complexity index is 802. The molecule has 1 aliphatic rings. The van der Waals surface area contributed by atoms with Crippen molar-refractivity contribution in [3.63, 3.8) is 0 Å². The van der Waals surface area contributed by atoms with E-state index in [0.29, 0.717) is 28.5 Å². The summed E-state index contributed by atoms with van der Waals surface area (Å²) in [6.45, 7) is 1.57. The highest BCUT2D eigenvalue weighted by Crippen LogP contribution is 2.29. The van der Waals surface area contributed by atoms with E-state index in [1.807, 2.05) is 5.38 Å². The van der Waals surface area contributed by atoms with Crippen molar-refractivity contribution in [2.75, 3.05) is 17.7 Å². The van der Waals surface area contributed by atoms with Gasteiger partial charge in [-0.25, -0.2) is 9.97 Å². The first-order valence-electron chi connectivity index (χ1n) is 7.78. The van der Waals surface area contributed by atoms with Crippen molar-refractivity contribution in [1.29, 1.82) is 0 Å². The second kappa shape index (κ2) is 7.33. The van der Waals surface area contributed by atoms with Gasteiger partial charge in [0.2, 0.25) is 5.95 Å². The quantitative estimate of drug-likeness (QED) is 0.472. The molecule has 0 radical (unpaired) electrons. The van der Waals surface area contributed by atoms with Gasteiger partial charge in [0.25, 0.3) is 0 Å². The Morgan fingerprint density at radius 1 is 1.32 bits per heavy atom. The summed E-state index contributed by atoms with van der Waals surface area (Å²) in [7, 11) is 0. The van der Waals surface area contributed by atoms with E-state index in [2.05, 4.69) is 32.1 Å². The lowest BCUT2D eigenvalue weighted by Crippen LogP contribution is -2.36. The monoisotopic (exact) mass is 361 g/mol. The van der Waals surface area contributed by atoms with Crippen LogP contribution in [0.2, 0.25) is 0 Å². The highest BCUT2D eigenvalue weighted by molar-refractivity contribution is 7.10. The van der Waals surface area contributed by atoms with Crippen LogP contribution >= 0.6 is 11.3 Å². The third-order valence-electron chi connectivity index (χ3n) is 4.19. The maximum atomic E-state index is 10.2. The third-order valence-corrected chi connectivity index (χ3v) is 4.88. The molecule has 2 aromatic heterocycles. The molecular weight excluding hydrogens is 342 g/mol. The minimum Gasteiger partial charge on any atom is -0.396 e. The molecule has 1 aliphatic carbocycles. The Morgan fingerprint density at radius 2 is 2.12 bits per heavy atom. The fraction of sp³-hybridized carbons (Fsp3) is 0.438. The lowest BCUT2D eigenvalue weighted by atomic mass is 10.1. The van der Waals surface area contributed by atoms with Crippen LogP contribution in [-0.2, 0) is 0 Å². The molecule has 2 heterocycles. The second-order valence-electron chi connectivity index (χ2n) is 5.89. The molecule has 0 bridgehead atoms. The van der Waals surface area contributed by atoms with Crippen LogP contribution in [0.25, 0.3) is 0 Å². The number of aliphatic hydroxyl groups is 3. The number of nitrogens with zero attached hydrogens (tertiary/aromatic N) is 3. The number of aromatic nitrogens is 3. The highest BCUT2D eigenvalue weighted by atomic mass is 32.1. The van der Waals surface area contributed by atoms with E-state index in [9.17, 15) is 15.3 Å². The Balaban J connectivity index is 1.90. The Labute approximate surface area is 148 Å². The number of nitrogens with two attached hydrogens (primary N) is 1. The van der Waals surface area contributed by atoms with Crippen LogP contribution in [0.15, 0.2) is 11.6 Å². The number of aliphatic hydroxyl groups excluding tert-OH is 3. The number of hydrogen-bond acceptors (Lipinski definition) is 9. The van der Waals surface area contributed by atoms with Gasteiger partial charge in [-0.05, 0) is 19.3 Å². The van der Waals surface area contributed by atoms with Crippen LogP contribution in [-0.4, -0.2) is 55.1 Å². The SMILES string of the molecule is Cc1nc(N)nc(N[C@@H]2C[C@H](CO)[C@@H](O)[C@H]2O)c1C#Cc1nccs1. The average molecular weight is 361 g/mol. The fourth-order valence-corrected chi connectivity index (χ4v) is 3.36. The summed E-state index contributed by atoms with van der Waals surface area (Å²) in [6, 6.07) is -0.471. The first-order valence-corrected chi connectivity index (χ1v) is 8.66. The lowest BCUT2D eigenvalue weighted by Gasteiger charge is -2.20. The van der Waals surface area contributed by atoms with Crippen molar-refractivity contribution in [1.82, 2.24) is 15.0 Å². The van der Waals surface area contributed by atoms with E-state index in [0.717, 1.165) is 0 Å². The number of aryl methyl sites for hydroxylation is 1. The van der Waals surface area contributed by atoms with Gasteiger partial charge in [-0.2, -0.15) is 4.98 Å². The zero-order valence-electron chi connectivity index (χ0n) is 13.5. The zero-order valence-corrected chi connectivity index (χ0v) is 14.4. The maximum absolute atomic E-state index is 10.2. The molecule has 1 fully saturated rings. The minimum absolute atomic E-state index is 0.0894. The molecule has 6 N–H and O–H groups in total. The Morgan fingerprint density at radius 3 is 2.76 bits per heavy atom. The lowest BCUT2D eigenvalue weighted by molar-refractivity contribution is 0.00445. The number of anilines is 2. The first-order chi connectivity index (χ1) is 12.0. The van der Waals surface area contributed by atoms with E-state index in [-0.39, 0.29) is 12.6 Å². The summed E-state index contributed by atoms with van der Waals surface area (Å²) in [6.07, 6.45) is 0.0631. The zero-order chi connectivity index (χ0) is 18.0. The van der Waals surface area contributed by atoms with Gasteiger partial charge >= 0.3 is 0 Å². The number of nitrogens with one attached hydrogen (secondary N) is 1. The smallest absolute Gasteiger partial charge is 0.222 e. The molecule has 0 amide bonds. The highest BCUT2D eigenvalue weighted by Gasteiger charge is 2.41. The van der Waals surface area contributed by atoms with Crippen LogP contribution < -0.4 is 11.1 Å². The van der Waals surface area contributed by atoms with Crippen molar-refractivity contribution in [2.45, 2.75) is 31.6 Å². The van der Waals surface area contributed by atoms with Gasteiger partial charge in [-0.1, -0.05) is 5.92 Å². The molecule has 1 saturated carbocycles. The predicted octanol–water partition coefficient (Wildman–Crippen LogP) is -0.262. The topological polar surface area (TPSA) is 137 Å². The van der Waals surface area contributed by atoms with Gasteiger partial charge in [0.05, 0.1) is 23.4 Å².